The number of imide groups is 1. The molecule has 3 fully saturated rings. The molecular weight excluding hydrogens is 963 g/mol. The number of cyclic esters (lactones) is 1. The molecule has 76 heavy (non-hydrogen) atoms. The zero-order chi connectivity index (χ0) is 52.8. The number of non-ortho nitro benzene ring substituents is 1. The number of hydrogen-bond donors (Lipinski definition) is 1. The van der Waals surface area contributed by atoms with Gasteiger partial charge in [0.25, 0.3) is 5.69 Å². The van der Waals surface area contributed by atoms with Crippen molar-refractivity contribution in [3.05, 3.63) is 207 Å². The monoisotopic (exact) mass is 1020 g/mol. The van der Waals surface area contributed by atoms with E-state index in [0.717, 1.165) is 35.3 Å². The van der Waals surface area contributed by atoms with Crippen LogP contribution in [0.4, 0.5) is 16.2 Å². The lowest BCUT2D eigenvalue weighted by Gasteiger charge is -2.46. The summed E-state index contributed by atoms with van der Waals surface area (Å²) in [5, 5.41) is 21.4. The first-order valence-corrected chi connectivity index (χ1v) is 25.9. The van der Waals surface area contributed by atoms with Gasteiger partial charge in [-0.3, -0.25) is 34.3 Å². The molecule has 1 N–H and O–H groups in total. The molecular formula is C61H59N5O10. The van der Waals surface area contributed by atoms with Crippen molar-refractivity contribution in [3.63, 3.8) is 0 Å². The van der Waals surface area contributed by atoms with E-state index in [0.29, 0.717) is 72.6 Å². The van der Waals surface area contributed by atoms with Crippen LogP contribution < -0.4 is 9.64 Å². The normalized spacial score (nSPS) is 22.2. The number of morpholine rings is 1. The van der Waals surface area contributed by atoms with Gasteiger partial charge in [-0.25, -0.2) is 9.69 Å². The number of esters is 1. The molecule has 388 valence electrons. The molecule has 3 amide bonds. The van der Waals surface area contributed by atoms with Crippen LogP contribution in [0.1, 0.15) is 89.2 Å². The fraction of sp³-hybridized carbons (Fsp3) is 0.311. The molecule has 15 nitrogen and oxygen atoms in total. The summed E-state index contributed by atoms with van der Waals surface area (Å²) < 4.78 is 18.7. The third-order valence-corrected chi connectivity index (χ3v) is 15.0. The lowest BCUT2D eigenvalue weighted by atomic mass is 9.64. The molecule has 4 aliphatic rings. The van der Waals surface area contributed by atoms with E-state index in [-0.39, 0.29) is 31.2 Å². The topological polar surface area (TPSA) is 172 Å². The van der Waals surface area contributed by atoms with Gasteiger partial charge in [0.2, 0.25) is 11.8 Å². The second-order valence-electron chi connectivity index (χ2n) is 19.8. The van der Waals surface area contributed by atoms with Gasteiger partial charge in [-0.1, -0.05) is 134 Å². The highest BCUT2D eigenvalue weighted by Crippen LogP contribution is 2.66. The Hall–Kier alpha value is -8.16. The quantitative estimate of drug-likeness (QED) is 0.0504. The highest BCUT2D eigenvalue weighted by molar-refractivity contribution is 6.23. The number of carbonyl (C=O) groups excluding carboxylic acids is 4. The number of benzene rings is 6. The number of ether oxygens (including phenoxy) is 3. The van der Waals surface area contributed by atoms with Crippen molar-refractivity contribution >= 4 is 35.3 Å². The molecule has 3 saturated heterocycles. The minimum Gasteiger partial charge on any atom is -0.491 e. The smallest absolute Gasteiger partial charge is 0.421 e. The van der Waals surface area contributed by atoms with E-state index in [9.17, 15) is 15.2 Å². The predicted octanol–water partition coefficient (Wildman–Crippen LogP) is 9.24. The Labute approximate surface area is 441 Å². The van der Waals surface area contributed by atoms with Gasteiger partial charge in [0, 0.05) is 37.3 Å². The Morgan fingerprint density at radius 3 is 2.12 bits per heavy atom. The van der Waals surface area contributed by atoms with Crippen molar-refractivity contribution in [1.29, 1.82) is 0 Å². The molecule has 0 saturated carbocycles. The molecule has 0 aliphatic carbocycles. The van der Waals surface area contributed by atoms with Crippen LogP contribution in [0.25, 0.3) is 0 Å². The van der Waals surface area contributed by atoms with Crippen LogP contribution in [0.15, 0.2) is 158 Å². The van der Waals surface area contributed by atoms with Crippen LogP contribution in [-0.2, 0) is 42.4 Å². The van der Waals surface area contributed by atoms with Gasteiger partial charge in [0.15, 0.2) is 0 Å². The molecule has 6 aromatic rings. The fourth-order valence-corrected chi connectivity index (χ4v) is 11.7. The summed E-state index contributed by atoms with van der Waals surface area (Å²) in [7, 11) is 1.97. The highest BCUT2D eigenvalue weighted by Gasteiger charge is 2.76. The van der Waals surface area contributed by atoms with Gasteiger partial charge < -0.3 is 24.2 Å². The number of carbonyl (C=O) groups is 4. The van der Waals surface area contributed by atoms with E-state index in [1.807, 2.05) is 96.9 Å². The number of hydrogen-bond acceptors (Lipinski definition) is 12. The number of amides is 3. The number of rotatable bonds is 13. The van der Waals surface area contributed by atoms with Gasteiger partial charge in [-0.15, -0.1) is 0 Å². The molecule has 15 heteroatoms. The van der Waals surface area contributed by atoms with Crippen LogP contribution in [0.3, 0.4) is 0 Å². The average Bonchev–Trinajstić information content (AvgIpc) is 4.10. The standard InChI is InChI=1S/C61H59N5O10/c1-62(40-43-18-8-5-9-19-43)33-17-20-42-29-32-51-50(38-42)61(59(70)64(51)60(71)75-41-44-27-30-48(31-28-44)66(72)73)52(57(68)63-34-14-3-2-4-15-35-63)54-58(69)76-55(46-23-12-7-13-24-46)53(45-21-10-6-11-22-45)65(54)56(61)47-25-16-26-49(39-47)74-37-36-67/h5-13,16,18-19,21-32,38-39,52-56,67H,2-4,14-15,33-37,40-41H2,1H3. The molecule has 6 atom stereocenters. The van der Waals surface area contributed by atoms with Crippen molar-refractivity contribution in [2.45, 2.75) is 74.9 Å². The summed E-state index contributed by atoms with van der Waals surface area (Å²) in [5.41, 5.74) is 2.27. The first-order valence-electron chi connectivity index (χ1n) is 25.9. The fourth-order valence-electron chi connectivity index (χ4n) is 11.7. The molecule has 1 spiro atoms. The van der Waals surface area contributed by atoms with E-state index < -0.39 is 64.4 Å². The second kappa shape index (κ2) is 22.8. The lowest BCUT2D eigenvalue weighted by molar-refractivity contribution is -0.384. The molecule has 4 aliphatic heterocycles. The molecule has 0 aromatic heterocycles. The van der Waals surface area contributed by atoms with Crippen LogP contribution in [0, 0.1) is 27.9 Å². The van der Waals surface area contributed by atoms with Crippen LogP contribution >= 0.6 is 0 Å². The third-order valence-electron chi connectivity index (χ3n) is 15.0. The largest absolute Gasteiger partial charge is 0.491 e. The van der Waals surface area contributed by atoms with Crippen molar-refractivity contribution in [2.24, 2.45) is 5.92 Å². The maximum Gasteiger partial charge on any atom is 0.421 e. The van der Waals surface area contributed by atoms with Crippen LogP contribution in [0.5, 0.6) is 5.75 Å². The summed E-state index contributed by atoms with van der Waals surface area (Å²) in [6.07, 6.45) is 2.26. The molecule has 6 aromatic carbocycles. The number of aliphatic hydroxyl groups excluding tert-OH is 1. The minimum atomic E-state index is -2.05. The first kappa shape index (κ1) is 51.3. The summed E-state index contributed by atoms with van der Waals surface area (Å²) >= 11 is 0. The maximum atomic E-state index is 16.8. The summed E-state index contributed by atoms with van der Waals surface area (Å²) in [6, 6.07) is 43.5. The number of likely N-dealkylation sites (tertiary alicyclic amines) is 1. The number of nitrogens with zero attached hydrogens (tertiary/aromatic N) is 5. The number of aliphatic hydroxyl groups is 1. The van der Waals surface area contributed by atoms with Crippen LogP contribution in [-0.4, -0.2) is 94.5 Å². The summed E-state index contributed by atoms with van der Waals surface area (Å²) in [4.78, 5) is 81.8. The zero-order valence-electron chi connectivity index (χ0n) is 42.2. The second-order valence-corrected chi connectivity index (χ2v) is 19.8. The molecule has 4 heterocycles. The Morgan fingerprint density at radius 2 is 1.43 bits per heavy atom. The number of nitro groups is 1. The SMILES string of the molecule is CN(CC#Cc1ccc2c(c1)C1(C(=O)N2C(=O)OCc2ccc([N+](=O)[O-])cc2)C(C(=O)N2CCCCCCC2)C2C(=O)OC(c3ccccc3)C(c3ccccc3)N2C1c1cccc(OCCO)c1)Cc1ccccc1. The van der Waals surface area contributed by atoms with Gasteiger partial charge in [0.05, 0.1) is 41.8 Å². The maximum absolute atomic E-state index is 16.8. The summed E-state index contributed by atoms with van der Waals surface area (Å²) in [6.45, 7) is 1.17. The van der Waals surface area contributed by atoms with Crippen molar-refractivity contribution in [3.8, 4) is 17.6 Å². The van der Waals surface area contributed by atoms with Crippen LogP contribution in [0.2, 0.25) is 0 Å². The summed E-state index contributed by atoms with van der Waals surface area (Å²) in [5.74, 6) is 3.62. The zero-order valence-corrected chi connectivity index (χ0v) is 42.2. The molecule has 0 bridgehead atoms. The predicted molar refractivity (Wildman–Crippen MR) is 284 cm³/mol. The van der Waals surface area contributed by atoms with E-state index >= 15 is 19.2 Å². The molecule has 6 unspecified atom stereocenters. The minimum absolute atomic E-state index is 0.0323. The Morgan fingerprint density at radius 1 is 0.776 bits per heavy atom. The van der Waals surface area contributed by atoms with E-state index in [2.05, 4.69) is 28.9 Å². The van der Waals surface area contributed by atoms with Crippen molar-refractivity contribution in [2.75, 3.05) is 44.8 Å². The third kappa shape index (κ3) is 10.1. The number of anilines is 1. The highest BCUT2D eigenvalue weighted by atomic mass is 16.6. The van der Waals surface area contributed by atoms with Crippen molar-refractivity contribution in [1.82, 2.24) is 14.7 Å². The van der Waals surface area contributed by atoms with Gasteiger partial charge in [-0.05, 0) is 95.7 Å². The Bertz CT molecular complexity index is 3140. The molecule has 10 rings (SSSR count). The van der Waals surface area contributed by atoms with E-state index in [1.165, 1.54) is 24.3 Å². The Balaban J connectivity index is 1.21. The van der Waals surface area contributed by atoms with Crippen molar-refractivity contribution < 1.29 is 43.4 Å². The number of nitro benzene ring substituents is 1. The van der Waals surface area contributed by atoms with Gasteiger partial charge in [0.1, 0.15) is 36.5 Å². The average molecular weight is 1020 g/mol. The lowest BCUT2D eigenvalue weighted by Crippen LogP contribution is -2.56. The van der Waals surface area contributed by atoms with Gasteiger partial charge >= 0.3 is 12.1 Å². The van der Waals surface area contributed by atoms with E-state index in [1.54, 1.807) is 41.3 Å². The van der Waals surface area contributed by atoms with E-state index in [4.69, 9.17) is 14.2 Å². The van der Waals surface area contributed by atoms with Gasteiger partial charge in [-0.2, -0.15) is 0 Å². The Kier molecular flexibility index (Phi) is 15.4. The number of fused-ring (bicyclic) bond motifs is 3. The first-order chi connectivity index (χ1) is 37.1. The molecule has 0 radical (unpaired) electrons.